The zero-order valence-electron chi connectivity index (χ0n) is 12.9. The van der Waals surface area contributed by atoms with Crippen LogP contribution in [0.3, 0.4) is 0 Å². The molecule has 2 aromatic carbocycles. The second kappa shape index (κ2) is 7.31. The number of halogens is 3. The molecule has 0 radical (unpaired) electrons. The van der Waals surface area contributed by atoms with Crippen LogP contribution >= 0.6 is 0 Å². The Labute approximate surface area is 133 Å². The molecular weight excluding hydrogens is 303 g/mol. The van der Waals surface area contributed by atoms with Gasteiger partial charge in [-0.2, -0.15) is 0 Å². The third-order valence-electron chi connectivity index (χ3n) is 3.95. The molecule has 122 valence electrons. The molecule has 5 heteroatoms. The van der Waals surface area contributed by atoms with Crippen LogP contribution in [0.15, 0.2) is 42.5 Å². The number of carbonyl (C=O) groups is 1. The van der Waals surface area contributed by atoms with Crippen molar-refractivity contribution in [3.05, 3.63) is 65.5 Å². The number of nitrogens with one attached hydrogen (secondary N) is 1. The fourth-order valence-corrected chi connectivity index (χ4v) is 2.47. The van der Waals surface area contributed by atoms with Crippen LogP contribution in [0.5, 0.6) is 0 Å². The molecule has 0 aliphatic carbocycles. The average Bonchev–Trinajstić information content (AvgIpc) is 2.56. The van der Waals surface area contributed by atoms with Gasteiger partial charge in [-0.05, 0) is 23.6 Å². The van der Waals surface area contributed by atoms with E-state index in [-0.39, 0.29) is 11.6 Å². The van der Waals surface area contributed by atoms with Crippen LogP contribution in [-0.4, -0.2) is 5.91 Å². The van der Waals surface area contributed by atoms with Gasteiger partial charge in [-0.25, -0.2) is 13.2 Å². The van der Waals surface area contributed by atoms with Gasteiger partial charge in [-0.1, -0.05) is 50.6 Å². The highest BCUT2D eigenvalue weighted by molar-refractivity contribution is 5.96. The van der Waals surface area contributed by atoms with Crippen LogP contribution in [0.4, 0.5) is 18.9 Å². The summed E-state index contributed by atoms with van der Waals surface area (Å²) < 4.78 is 40.0. The first-order chi connectivity index (χ1) is 11.0. The molecule has 0 spiro atoms. The summed E-state index contributed by atoms with van der Waals surface area (Å²) in [5, 5.41) is 2.37. The fraction of sp³-hybridized carbons (Fsp3) is 0.278. The van der Waals surface area contributed by atoms with Crippen LogP contribution < -0.4 is 5.32 Å². The molecule has 0 aromatic heterocycles. The Hall–Kier alpha value is -2.30. The number of benzene rings is 2. The number of carbonyl (C=O) groups excluding carboxylic acids is 1. The first-order valence-corrected chi connectivity index (χ1v) is 7.45. The van der Waals surface area contributed by atoms with Crippen molar-refractivity contribution in [2.75, 3.05) is 5.32 Å². The summed E-state index contributed by atoms with van der Waals surface area (Å²) >= 11 is 0. The largest absolute Gasteiger partial charge is 0.323 e. The minimum atomic E-state index is -1.59. The predicted molar refractivity (Wildman–Crippen MR) is 83.6 cm³/mol. The van der Waals surface area contributed by atoms with Gasteiger partial charge in [0.1, 0.15) is 0 Å². The van der Waals surface area contributed by atoms with Gasteiger partial charge in [0.2, 0.25) is 5.91 Å². The van der Waals surface area contributed by atoms with E-state index in [2.05, 4.69) is 5.32 Å². The van der Waals surface area contributed by atoms with Crippen LogP contribution in [-0.2, 0) is 4.79 Å². The molecule has 0 heterocycles. The maximum Gasteiger partial charge on any atom is 0.232 e. The minimum absolute atomic E-state index is 0.00533. The van der Waals surface area contributed by atoms with E-state index < -0.39 is 29.3 Å². The monoisotopic (exact) mass is 321 g/mol. The SMILES string of the molecule is CC[C@H](C)[C@@H](C(=O)Nc1ccc(F)c(F)c1F)c1ccccc1. The number of anilines is 1. The van der Waals surface area contributed by atoms with Crippen molar-refractivity contribution < 1.29 is 18.0 Å². The van der Waals surface area contributed by atoms with Gasteiger partial charge in [0.05, 0.1) is 11.6 Å². The molecule has 2 atom stereocenters. The summed E-state index contributed by atoms with van der Waals surface area (Å²) in [7, 11) is 0. The fourth-order valence-electron chi connectivity index (χ4n) is 2.47. The molecule has 23 heavy (non-hydrogen) atoms. The Balaban J connectivity index is 2.31. The number of rotatable bonds is 5. The average molecular weight is 321 g/mol. The molecule has 1 amide bonds. The Bertz CT molecular complexity index is 688. The predicted octanol–water partition coefficient (Wildman–Crippen LogP) is 4.87. The summed E-state index contributed by atoms with van der Waals surface area (Å²) in [5.74, 6) is -5.23. The van der Waals surface area contributed by atoms with Crippen molar-refractivity contribution in [3.8, 4) is 0 Å². The normalized spacial score (nSPS) is 13.4. The first kappa shape index (κ1) is 17.1. The van der Waals surface area contributed by atoms with Gasteiger partial charge in [0, 0.05) is 0 Å². The lowest BCUT2D eigenvalue weighted by Crippen LogP contribution is -2.26. The van der Waals surface area contributed by atoms with Gasteiger partial charge >= 0.3 is 0 Å². The van der Waals surface area contributed by atoms with Crippen LogP contribution in [0.25, 0.3) is 0 Å². The van der Waals surface area contributed by atoms with Crippen molar-refractivity contribution in [2.24, 2.45) is 5.92 Å². The van der Waals surface area contributed by atoms with Crippen LogP contribution in [0.2, 0.25) is 0 Å². The first-order valence-electron chi connectivity index (χ1n) is 7.45. The summed E-state index contributed by atoms with van der Waals surface area (Å²) in [6.07, 6.45) is 0.743. The zero-order valence-corrected chi connectivity index (χ0v) is 12.9. The van der Waals surface area contributed by atoms with Gasteiger partial charge in [0.15, 0.2) is 17.5 Å². The molecule has 2 rings (SSSR count). The lowest BCUT2D eigenvalue weighted by Gasteiger charge is -2.23. The van der Waals surface area contributed by atoms with Crippen molar-refractivity contribution >= 4 is 11.6 Å². The third kappa shape index (κ3) is 3.73. The van der Waals surface area contributed by atoms with Crippen LogP contribution in [0, 0.1) is 23.4 Å². The summed E-state index contributed by atoms with van der Waals surface area (Å²) in [5.41, 5.74) is 0.431. The van der Waals surface area contributed by atoms with Crippen molar-refractivity contribution in [1.82, 2.24) is 0 Å². The van der Waals surface area contributed by atoms with E-state index in [1.165, 1.54) is 0 Å². The van der Waals surface area contributed by atoms with E-state index in [9.17, 15) is 18.0 Å². The van der Waals surface area contributed by atoms with E-state index >= 15 is 0 Å². The third-order valence-corrected chi connectivity index (χ3v) is 3.95. The van der Waals surface area contributed by atoms with Gasteiger partial charge in [-0.3, -0.25) is 4.79 Å². The second-order valence-electron chi connectivity index (χ2n) is 5.49. The van der Waals surface area contributed by atoms with Crippen molar-refractivity contribution in [2.45, 2.75) is 26.2 Å². The Morgan fingerprint density at radius 1 is 1.04 bits per heavy atom. The second-order valence-corrected chi connectivity index (χ2v) is 5.49. The smallest absolute Gasteiger partial charge is 0.232 e. The Kier molecular flexibility index (Phi) is 5.42. The summed E-state index contributed by atoms with van der Waals surface area (Å²) in [4.78, 5) is 12.6. The molecule has 0 fully saturated rings. The quantitative estimate of drug-likeness (QED) is 0.782. The summed E-state index contributed by atoms with van der Waals surface area (Å²) in [6, 6.07) is 10.9. The Morgan fingerprint density at radius 3 is 2.30 bits per heavy atom. The maximum absolute atomic E-state index is 13.7. The lowest BCUT2D eigenvalue weighted by atomic mass is 9.85. The highest BCUT2D eigenvalue weighted by Gasteiger charge is 2.27. The van der Waals surface area contributed by atoms with Gasteiger partial charge < -0.3 is 5.32 Å². The molecule has 0 saturated carbocycles. The van der Waals surface area contributed by atoms with Gasteiger partial charge in [0.25, 0.3) is 0 Å². The van der Waals surface area contributed by atoms with E-state index in [4.69, 9.17) is 0 Å². The molecule has 0 bridgehead atoms. The highest BCUT2D eigenvalue weighted by Crippen LogP contribution is 2.29. The van der Waals surface area contributed by atoms with Crippen LogP contribution in [0.1, 0.15) is 31.7 Å². The molecule has 1 N–H and O–H groups in total. The molecule has 2 nitrogen and oxygen atoms in total. The maximum atomic E-state index is 13.7. The lowest BCUT2D eigenvalue weighted by molar-refractivity contribution is -0.118. The van der Waals surface area contributed by atoms with Crippen molar-refractivity contribution in [3.63, 3.8) is 0 Å². The minimum Gasteiger partial charge on any atom is -0.323 e. The molecular formula is C18H18F3NO. The van der Waals surface area contributed by atoms with E-state index in [1.54, 1.807) is 0 Å². The van der Waals surface area contributed by atoms with E-state index in [1.807, 2.05) is 44.2 Å². The standard InChI is InChI=1S/C18H18F3NO/c1-3-11(2)15(12-7-5-4-6-8-12)18(23)22-14-10-9-13(19)16(20)17(14)21/h4-11,15H,3H2,1-2H3,(H,22,23)/t11-,15+/m0/s1. The molecule has 0 aliphatic rings. The topological polar surface area (TPSA) is 29.1 Å². The Morgan fingerprint density at radius 2 is 1.70 bits per heavy atom. The number of hydrogen-bond acceptors (Lipinski definition) is 1. The highest BCUT2D eigenvalue weighted by atomic mass is 19.2. The zero-order chi connectivity index (χ0) is 17.0. The summed E-state index contributed by atoms with van der Waals surface area (Å²) in [6.45, 7) is 3.87. The van der Waals surface area contributed by atoms with E-state index in [0.717, 1.165) is 24.1 Å². The molecule has 0 unspecified atom stereocenters. The molecule has 0 saturated heterocycles. The van der Waals surface area contributed by atoms with Crippen molar-refractivity contribution in [1.29, 1.82) is 0 Å². The molecule has 2 aromatic rings. The number of amides is 1. The molecule has 0 aliphatic heterocycles. The number of hydrogen-bond donors (Lipinski definition) is 1. The van der Waals surface area contributed by atoms with Gasteiger partial charge in [-0.15, -0.1) is 0 Å². The van der Waals surface area contributed by atoms with E-state index in [0.29, 0.717) is 0 Å².